The minimum atomic E-state index is -1.87. The topological polar surface area (TPSA) is 84.0 Å². The lowest BCUT2D eigenvalue weighted by Crippen LogP contribution is -2.47. The van der Waals surface area contributed by atoms with Gasteiger partial charge in [0.1, 0.15) is 0 Å². The first-order chi connectivity index (χ1) is 17.4. The van der Waals surface area contributed by atoms with E-state index in [0.29, 0.717) is 13.0 Å². The fourth-order valence-electron chi connectivity index (χ4n) is 8.13. The quantitative estimate of drug-likeness (QED) is 0.282. The van der Waals surface area contributed by atoms with E-state index >= 15 is 0 Å². The predicted molar refractivity (Wildman–Crippen MR) is 148 cm³/mol. The number of nitrogens with zero attached hydrogens (tertiary/aromatic N) is 2. The van der Waals surface area contributed by atoms with Crippen LogP contribution in [0.15, 0.2) is 0 Å². The van der Waals surface area contributed by atoms with Crippen molar-refractivity contribution in [1.82, 2.24) is 9.80 Å². The summed E-state index contributed by atoms with van der Waals surface area (Å²) in [4.78, 5) is 55.3. The van der Waals surface area contributed by atoms with Gasteiger partial charge in [0.15, 0.2) is 16.6 Å². The number of unbranched alkanes of at least 4 members (excludes halogenated alkanes) is 1. The molecule has 7 nitrogen and oxygen atoms in total. The molecular weight excluding hydrogens is 500 g/mol. The van der Waals surface area contributed by atoms with E-state index in [2.05, 4.69) is 33.1 Å². The lowest BCUT2D eigenvalue weighted by atomic mass is 9.55. The molecule has 0 aromatic rings. The highest BCUT2D eigenvalue weighted by Crippen LogP contribution is 2.55. The number of hydrogen-bond acceptors (Lipinski definition) is 5. The van der Waals surface area contributed by atoms with E-state index in [1.165, 1.54) is 28.7 Å². The SMILES string of the molecule is CCCC[Si](C)(C)O[Si](C)(C)CCCN1C(=O)CC(C2CC3C(=O)N(C)C(=O)C3C3CCCCC23)C1=O. The summed E-state index contributed by atoms with van der Waals surface area (Å²) in [6, 6.07) is 2.12. The summed E-state index contributed by atoms with van der Waals surface area (Å²) in [5.74, 6) is -0.649. The van der Waals surface area contributed by atoms with Crippen LogP contribution in [0.4, 0.5) is 0 Å². The molecule has 2 saturated heterocycles. The Kier molecular flexibility index (Phi) is 8.56. The van der Waals surface area contributed by atoms with Crippen molar-refractivity contribution >= 4 is 40.3 Å². The summed E-state index contributed by atoms with van der Waals surface area (Å²) >= 11 is 0. The van der Waals surface area contributed by atoms with Crippen molar-refractivity contribution in [2.24, 2.45) is 35.5 Å². The molecule has 0 radical (unpaired) electrons. The Bertz CT molecular complexity index is 922. The van der Waals surface area contributed by atoms with E-state index in [1.54, 1.807) is 7.05 Å². The Morgan fingerprint density at radius 3 is 2.08 bits per heavy atom. The van der Waals surface area contributed by atoms with Crippen molar-refractivity contribution in [3.63, 3.8) is 0 Å². The van der Waals surface area contributed by atoms with Crippen molar-refractivity contribution in [1.29, 1.82) is 0 Å². The molecule has 4 rings (SSSR count). The number of imide groups is 2. The number of rotatable bonds is 10. The normalized spacial score (nSPS) is 32.8. The van der Waals surface area contributed by atoms with Gasteiger partial charge < -0.3 is 4.12 Å². The van der Waals surface area contributed by atoms with Crippen LogP contribution in [0.5, 0.6) is 0 Å². The third kappa shape index (κ3) is 5.83. The van der Waals surface area contributed by atoms with Crippen molar-refractivity contribution in [2.75, 3.05) is 13.6 Å². The highest BCUT2D eigenvalue weighted by atomic mass is 28.4. The standard InChI is InChI=1S/C28H48N2O5Si2/c1-7-8-15-36(3,4)35-37(5,6)16-11-14-30-24(31)18-22(27(30)33)21-17-23-25(28(34)29(2)26(23)32)20-13-10-9-12-19(20)21/h19-23,25H,7-18H2,1-6H3. The fraction of sp³-hybridized carbons (Fsp3) is 0.857. The molecule has 208 valence electrons. The molecule has 9 heteroatoms. The summed E-state index contributed by atoms with van der Waals surface area (Å²) < 4.78 is 6.71. The lowest BCUT2D eigenvalue weighted by molar-refractivity contribution is -0.142. The zero-order valence-electron chi connectivity index (χ0n) is 23.9. The summed E-state index contributed by atoms with van der Waals surface area (Å²) in [6.45, 7) is 11.8. The summed E-state index contributed by atoms with van der Waals surface area (Å²) in [5.41, 5.74) is 0. The maximum atomic E-state index is 13.6. The zero-order chi connectivity index (χ0) is 27.1. The highest BCUT2D eigenvalue weighted by Gasteiger charge is 2.59. The number of carbonyl (C=O) groups excluding carboxylic acids is 4. The second-order valence-corrected chi connectivity index (χ2v) is 22.3. The second kappa shape index (κ2) is 11.0. The minimum absolute atomic E-state index is 0.0239. The number of amides is 4. The first kappa shape index (κ1) is 28.7. The Labute approximate surface area is 225 Å². The van der Waals surface area contributed by atoms with Crippen molar-refractivity contribution in [2.45, 2.75) is 103 Å². The van der Waals surface area contributed by atoms with Crippen LogP contribution in [0.3, 0.4) is 0 Å². The molecule has 0 spiro atoms. The van der Waals surface area contributed by atoms with Gasteiger partial charge in [0, 0.05) is 20.0 Å². The summed E-state index contributed by atoms with van der Waals surface area (Å²) in [6.07, 6.45) is 8.15. The van der Waals surface area contributed by atoms with Crippen LogP contribution in [0.2, 0.25) is 38.3 Å². The molecule has 6 unspecified atom stereocenters. The first-order valence-electron chi connectivity index (χ1n) is 14.7. The van der Waals surface area contributed by atoms with E-state index in [9.17, 15) is 19.2 Å². The molecule has 2 aliphatic carbocycles. The van der Waals surface area contributed by atoms with Crippen LogP contribution < -0.4 is 0 Å². The van der Waals surface area contributed by atoms with E-state index in [1.807, 2.05) is 0 Å². The van der Waals surface area contributed by atoms with Gasteiger partial charge in [0.25, 0.3) is 0 Å². The highest BCUT2D eigenvalue weighted by molar-refractivity contribution is 6.84. The predicted octanol–water partition coefficient (Wildman–Crippen LogP) is 5.04. The summed E-state index contributed by atoms with van der Waals surface area (Å²) in [7, 11) is -1.96. The van der Waals surface area contributed by atoms with Crippen molar-refractivity contribution in [3.05, 3.63) is 0 Å². The van der Waals surface area contributed by atoms with Gasteiger partial charge in [-0.2, -0.15) is 0 Å². The molecule has 4 aliphatic rings. The van der Waals surface area contributed by atoms with E-state index in [0.717, 1.165) is 38.1 Å². The van der Waals surface area contributed by atoms with Gasteiger partial charge in [-0.25, -0.2) is 0 Å². The third-order valence-corrected chi connectivity index (χ3v) is 17.3. The van der Waals surface area contributed by atoms with Gasteiger partial charge in [-0.15, -0.1) is 0 Å². The Hall–Kier alpha value is -1.33. The molecule has 4 fully saturated rings. The lowest BCUT2D eigenvalue weighted by Gasteiger charge is -2.47. The Morgan fingerprint density at radius 2 is 1.43 bits per heavy atom. The Morgan fingerprint density at radius 1 is 0.811 bits per heavy atom. The average molecular weight is 549 g/mol. The van der Waals surface area contributed by atoms with Crippen LogP contribution in [-0.2, 0) is 23.3 Å². The Balaban J connectivity index is 1.40. The summed E-state index contributed by atoms with van der Waals surface area (Å²) in [5, 5.41) is 0. The monoisotopic (exact) mass is 548 g/mol. The molecule has 37 heavy (non-hydrogen) atoms. The van der Waals surface area contributed by atoms with Crippen LogP contribution in [0.1, 0.15) is 64.7 Å². The van der Waals surface area contributed by atoms with Crippen LogP contribution >= 0.6 is 0 Å². The minimum Gasteiger partial charge on any atom is -0.455 e. The largest absolute Gasteiger partial charge is 0.455 e. The van der Waals surface area contributed by atoms with Crippen molar-refractivity contribution < 1.29 is 23.3 Å². The zero-order valence-corrected chi connectivity index (χ0v) is 25.9. The molecule has 0 aromatic carbocycles. The van der Waals surface area contributed by atoms with E-state index < -0.39 is 16.6 Å². The molecule has 0 aromatic heterocycles. The van der Waals surface area contributed by atoms with Gasteiger partial charge in [-0.05, 0) is 81.7 Å². The maximum Gasteiger partial charge on any atom is 0.233 e. The number of likely N-dealkylation sites (tertiary alicyclic amines) is 2. The van der Waals surface area contributed by atoms with Crippen LogP contribution in [0, 0.1) is 35.5 Å². The molecule has 2 heterocycles. The smallest absolute Gasteiger partial charge is 0.233 e. The first-order valence-corrected chi connectivity index (χ1v) is 21.0. The third-order valence-electron chi connectivity index (χ3n) is 9.75. The fourth-order valence-corrected chi connectivity index (χ4v) is 17.1. The molecule has 2 saturated carbocycles. The molecule has 4 amide bonds. The maximum absolute atomic E-state index is 13.6. The van der Waals surface area contributed by atoms with Gasteiger partial charge in [-0.1, -0.05) is 32.6 Å². The second-order valence-electron chi connectivity index (χ2n) is 13.4. The number of fused-ring (bicyclic) bond motifs is 3. The number of carbonyl (C=O) groups is 4. The number of hydrogen-bond donors (Lipinski definition) is 0. The van der Waals surface area contributed by atoms with Gasteiger partial charge in [-0.3, -0.25) is 29.0 Å². The van der Waals surface area contributed by atoms with Crippen molar-refractivity contribution in [3.8, 4) is 0 Å². The molecule has 0 bridgehead atoms. The molecule has 6 atom stereocenters. The van der Waals surface area contributed by atoms with Crippen LogP contribution in [-0.4, -0.2) is 63.7 Å². The van der Waals surface area contributed by atoms with Crippen LogP contribution in [0.25, 0.3) is 0 Å². The molecule has 2 aliphatic heterocycles. The average Bonchev–Trinajstić information content (AvgIpc) is 3.24. The van der Waals surface area contributed by atoms with Gasteiger partial charge >= 0.3 is 0 Å². The molecular formula is C28H48N2O5Si2. The van der Waals surface area contributed by atoms with E-state index in [4.69, 9.17) is 4.12 Å². The molecule has 0 N–H and O–H groups in total. The van der Waals surface area contributed by atoms with E-state index in [-0.39, 0.29) is 65.6 Å². The van der Waals surface area contributed by atoms with Gasteiger partial charge in [0.2, 0.25) is 23.6 Å². The van der Waals surface area contributed by atoms with Gasteiger partial charge in [0.05, 0.1) is 17.8 Å².